The molecule has 0 spiro atoms. The number of hydrogen-bond donors (Lipinski definition) is 1. The monoisotopic (exact) mass is 379 g/mol. The second kappa shape index (κ2) is 9.36. The molecule has 0 aliphatic carbocycles. The van der Waals surface area contributed by atoms with Crippen molar-refractivity contribution in [2.24, 2.45) is 5.18 Å². The Hall–Kier alpha value is -3.61. The number of aromatic nitrogens is 1. The Morgan fingerprint density at radius 2 is 1.89 bits per heavy atom. The van der Waals surface area contributed by atoms with E-state index >= 15 is 0 Å². The molecule has 1 atom stereocenters. The van der Waals surface area contributed by atoms with Gasteiger partial charge in [0.15, 0.2) is 0 Å². The lowest BCUT2D eigenvalue weighted by Crippen LogP contribution is -2.28. The van der Waals surface area contributed by atoms with Crippen LogP contribution in [0.5, 0.6) is 5.75 Å². The number of ether oxygens (including phenoxy) is 1. The highest BCUT2D eigenvalue weighted by atomic mass is 19.1. The Morgan fingerprint density at radius 1 is 1.07 bits per heavy atom. The molecule has 1 aromatic heterocycles. The van der Waals surface area contributed by atoms with E-state index in [2.05, 4.69) is 15.5 Å². The van der Waals surface area contributed by atoms with Gasteiger partial charge in [0.05, 0.1) is 5.69 Å². The third-order valence-electron chi connectivity index (χ3n) is 4.01. The smallest absolute Gasteiger partial charge is 0.255 e. The maximum Gasteiger partial charge on any atom is 0.255 e. The van der Waals surface area contributed by atoms with E-state index in [0.29, 0.717) is 11.4 Å². The molecule has 0 saturated heterocycles. The van der Waals surface area contributed by atoms with Crippen LogP contribution < -0.4 is 10.1 Å². The average molecular weight is 379 g/mol. The van der Waals surface area contributed by atoms with Crippen LogP contribution in [0.4, 0.5) is 4.39 Å². The summed E-state index contributed by atoms with van der Waals surface area (Å²) in [5.74, 6) is -0.193. The van der Waals surface area contributed by atoms with Gasteiger partial charge in [0.25, 0.3) is 5.91 Å². The van der Waals surface area contributed by atoms with Gasteiger partial charge in [-0.3, -0.25) is 9.78 Å². The Labute approximate surface area is 161 Å². The van der Waals surface area contributed by atoms with Crippen molar-refractivity contribution in [1.82, 2.24) is 10.3 Å². The Bertz CT molecular complexity index is 933. The quantitative estimate of drug-likeness (QED) is 0.602. The number of carbonyl (C=O) groups is 1. The molecule has 1 N–H and O–H groups in total. The zero-order valence-electron chi connectivity index (χ0n) is 14.9. The Kier molecular flexibility index (Phi) is 6.41. The summed E-state index contributed by atoms with van der Waals surface area (Å²) < 4.78 is 18.8. The second-order valence-electron chi connectivity index (χ2n) is 6.04. The SMILES string of the molecule is O=NC(C(=O)NCc1ccc(OCc2cccc(F)c2)cc1)c1ccccn1. The normalized spacial score (nSPS) is 11.5. The fraction of sp³-hybridized carbons (Fsp3) is 0.143. The van der Waals surface area contributed by atoms with Gasteiger partial charge in [0.2, 0.25) is 6.04 Å². The fourth-order valence-corrected chi connectivity index (χ4v) is 2.56. The number of nitrogens with zero attached hydrogens (tertiary/aromatic N) is 2. The van der Waals surface area contributed by atoms with Gasteiger partial charge < -0.3 is 10.1 Å². The zero-order valence-corrected chi connectivity index (χ0v) is 14.9. The minimum atomic E-state index is -1.19. The lowest BCUT2D eigenvalue weighted by Gasteiger charge is -2.11. The summed E-state index contributed by atoms with van der Waals surface area (Å²) in [6.07, 6.45) is 1.50. The molecule has 142 valence electrons. The molecular weight excluding hydrogens is 361 g/mol. The van der Waals surface area contributed by atoms with Gasteiger partial charge in [0, 0.05) is 12.7 Å². The number of nitrogens with one attached hydrogen (secondary N) is 1. The van der Waals surface area contributed by atoms with Gasteiger partial charge >= 0.3 is 0 Å². The van der Waals surface area contributed by atoms with Crippen LogP contribution in [-0.4, -0.2) is 10.9 Å². The molecule has 0 fully saturated rings. The second-order valence-corrected chi connectivity index (χ2v) is 6.04. The molecule has 0 radical (unpaired) electrons. The van der Waals surface area contributed by atoms with E-state index in [4.69, 9.17) is 4.74 Å². The van der Waals surface area contributed by atoms with Crippen LogP contribution in [0.15, 0.2) is 78.1 Å². The van der Waals surface area contributed by atoms with Crippen molar-refractivity contribution < 1.29 is 13.9 Å². The summed E-state index contributed by atoms with van der Waals surface area (Å²) in [7, 11) is 0. The van der Waals surface area contributed by atoms with Gasteiger partial charge in [-0.25, -0.2) is 4.39 Å². The van der Waals surface area contributed by atoms with Crippen LogP contribution in [-0.2, 0) is 17.9 Å². The number of benzene rings is 2. The first-order valence-electron chi connectivity index (χ1n) is 8.63. The van der Waals surface area contributed by atoms with E-state index < -0.39 is 11.9 Å². The summed E-state index contributed by atoms with van der Waals surface area (Å²) >= 11 is 0. The van der Waals surface area contributed by atoms with E-state index in [9.17, 15) is 14.1 Å². The highest BCUT2D eigenvalue weighted by Crippen LogP contribution is 2.17. The van der Waals surface area contributed by atoms with E-state index in [1.165, 1.54) is 18.3 Å². The number of carbonyl (C=O) groups excluding carboxylic acids is 1. The summed E-state index contributed by atoms with van der Waals surface area (Å²) in [4.78, 5) is 27.2. The van der Waals surface area contributed by atoms with Gasteiger partial charge in [0.1, 0.15) is 18.2 Å². The number of hydrogen-bond acceptors (Lipinski definition) is 5. The molecule has 1 unspecified atom stereocenters. The Morgan fingerprint density at radius 3 is 2.57 bits per heavy atom. The summed E-state index contributed by atoms with van der Waals surface area (Å²) in [5, 5.41) is 5.55. The van der Waals surface area contributed by atoms with E-state index in [-0.39, 0.29) is 19.0 Å². The molecule has 0 aliphatic heterocycles. The molecular formula is C21H18FN3O3. The number of amides is 1. The largest absolute Gasteiger partial charge is 0.489 e. The van der Waals surface area contributed by atoms with Crippen molar-refractivity contribution in [3.05, 3.63) is 100 Å². The first-order chi connectivity index (χ1) is 13.7. The highest BCUT2D eigenvalue weighted by Gasteiger charge is 2.22. The predicted molar refractivity (Wildman–Crippen MR) is 102 cm³/mol. The highest BCUT2D eigenvalue weighted by molar-refractivity contribution is 5.82. The summed E-state index contributed by atoms with van der Waals surface area (Å²) in [5.41, 5.74) is 1.87. The maximum atomic E-state index is 13.2. The van der Waals surface area contributed by atoms with Crippen LogP contribution >= 0.6 is 0 Å². The Balaban J connectivity index is 1.52. The lowest BCUT2D eigenvalue weighted by molar-refractivity contribution is -0.122. The van der Waals surface area contributed by atoms with Gasteiger partial charge in [-0.15, -0.1) is 4.91 Å². The fourth-order valence-electron chi connectivity index (χ4n) is 2.56. The number of halogens is 1. The predicted octanol–water partition coefficient (Wildman–Crippen LogP) is 3.92. The topological polar surface area (TPSA) is 80.7 Å². The van der Waals surface area contributed by atoms with Crippen molar-refractivity contribution in [1.29, 1.82) is 0 Å². The molecule has 6 nitrogen and oxygen atoms in total. The third kappa shape index (κ3) is 5.20. The standard InChI is InChI=1S/C21H18FN3O3/c22-17-5-3-4-16(12-17)14-28-18-9-7-15(8-10-18)13-24-21(26)20(25-27)19-6-1-2-11-23-19/h1-12,20H,13-14H2,(H,24,26). The van der Waals surface area contributed by atoms with E-state index in [1.54, 1.807) is 54.6 Å². The van der Waals surface area contributed by atoms with Crippen molar-refractivity contribution in [2.75, 3.05) is 0 Å². The maximum absolute atomic E-state index is 13.2. The van der Waals surface area contributed by atoms with Crippen molar-refractivity contribution in [2.45, 2.75) is 19.2 Å². The van der Waals surface area contributed by atoms with Gasteiger partial charge in [-0.1, -0.05) is 30.3 Å². The molecule has 28 heavy (non-hydrogen) atoms. The molecule has 2 aromatic carbocycles. The van der Waals surface area contributed by atoms with Crippen molar-refractivity contribution >= 4 is 5.91 Å². The molecule has 1 amide bonds. The number of rotatable bonds is 8. The van der Waals surface area contributed by atoms with Crippen LogP contribution in [0.1, 0.15) is 22.9 Å². The average Bonchev–Trinajstić information content (AvgIpc) is 2.73. The van der Waals surface area contributed by atoms with Crippen molar-refractivity contribution in [3.8, 4) is 5.75 Å². The van der Waals surface area contributed by atoms with Crippen molar-refractivity contribution in [3.63, 3.8) is 0 Å². The van der Waals surface area contributed by atoms with Crippen LogP contribution in [0.3, 0.4) is 0 Å². The summed E-state index contributed by atoms with van der Waals surface area (Å²) in [6.45, 7) is 0.493. The first kappa shape index (κ1) is 19.2. The molecule has 7 heteroatoms. The molecule has 3 rings (SSSR count). The van der Waals surface area contributed by atoms with E-state index in [1.807, 2.05) is 0 Å². The molecule has 1 heterocycles. The minimum Gasteiger partial charge on any atom is -0.489 e. The van der Waals surface area contributed by atoms with Crippen LogP contribution in [0.25, 0.3) is 0 Å². The minimum absolute atomic E-state index is 0.238. The lowest BCUT2D eigenvalue weighted by atomic mass is 10.1. The molecule has 0 aliphatic rings. The third-order valence-corrected chi connectivity index (χ3v) is 4.01. The molecule has 0 bridgehead atoms. The zero-order chi connectivity index (χ0) is 19.8. The molecule has 0 saturated carbocycles. The van der Waals surface area contributed by atoms with E-state index in [0.717, 1.165) is 11.1 Å². The number of nitroso groups, excluding NO2 is 1. The first-order valence-corrected chi connectivity index (χ1v) is 8.63. The van der Waals surface area contributed by atoms with Crippen LogP contribution in [0.2, 0.25) is 0 Å². The van der Waals surface area contributed by atoms with Crippen LogP contribution in [0, 0.1) is 10.7 Å². The molecule has 3 aromatic rings. The van der Waals surface area contributed by atoms with Gasteiger partial charge in [-0.05, 0) is 52.7 Å². The van der Waals surface area contributed by atoms with Gasteiger partial charge in [-0.2, -0.15) is 0 Å². The summed E-state index contributed by atoms with van der Waals surface area (Å²) in [6, 6.07) is 17.1. The number of pyridine rings is 1.